The topological polar surface area (TPSA) is 84.5 Å². The van der Waals surface area contributed by atoms with Crippen LogP contribution in [-0.2, 0) is 14.8 Å². The van der Waals surface area contributed by atoms with Crippen LogP contribution in [0.3, 0.4) is 0 Å². The lowest BCUT2D eigenvalue weighted by molar-refractivity contribution is -0.123. The van der Waals surface area contributed by atoms with Crippen molar-refractivity contribution in [3.63, 3.8) is 0 Å². The first kappa shape index (κ1) is 20.9. The lowest BCUT2D eigenvalue weighted by atomic mass is 10.00. The van der Waals surface area contributed by atoms with Crippen LogP contribution in [0.5, 0.6) is 5.75 Å². The summed E-state index contributed by atoms with van der Waals surface area (Å²) >= 11 is 0. The maximum Gasteiger partial charge on any atom is 0.241 e. The van der Waals surface area contributed by atoms with Crippen LogP contribution in [0.1, 0.15) is 36.6 Å². The summed E-state index contributed by atoms with van der Waals surface area (Å²) in [6.45, 7) is 7.37. The largest absolute Gasteiger partial charge is 0.497 e. The number of nitrogens with one attached hydrogen (secondary N) is 2. The third kappa shape index (κ3) is 5.30. The first-order chi connectivity index (χ1) is 12.6. The fourth-order valence-electron chi connectivity index (χ4n) is 2.75. The summed E-state index contributed by atoms with van der Waals surface area (Å²) in [6.07, 6.45) is 0. The van der Waals surface area contributed by atoms with Crippen LogP contribution in [0.25, 0.3) is 0 Å². The van der Waals surface area contributed by atoms with E-state index < -0.39 is 16.1 Å². The lowest BCUT2D eigenvalue weighted by Gasteiger charge is -2.20. The molecule has 0 aliphatic rings. The molecule has 0 aliphatic carbocycles. The Hall–Kier alpha value is -2.38. The lowest BCUT2D eigenvalue weighted by Crippen LogP contribution is -2.45. The van der Waals surface area contributed by atoms with E-state index in [0.717, 1.165) is 16.7 Å². The quantitative estimate of drug-likeness (QED) is 0.761. The molecule has 1 unspecified atom stereocenters. The molecular weight excluding hydrogens is 364 g/mol. The van der Waals surface area contributed by atoms with E-state index in [1.165, 1.54) is 26.2 Å². The summed E-state index contributed by atoms with van der Waals surface area (Å²) in [7, 11) is -2.31. The van der Waals surface area contributed by atoms with Gasteiger partial charge in [-0.25, -0.2) is 8.42 Å². The summed E-state index contributed by atoms with van der Waals surface area (Å²) in [5, 5.41) is 2.87. The minimum Gasteiger partial charge on any atom is -0.497 e. The Bertz CT molecular complexity index is 908. The number of sulfonamides is 1. The van der Waals surface area contributed by atoms with Gasteiger partial charge in [-0.1, -0.05) is 23.8 Å². The molecule has 2 atom stereocenters. The number of ether oxygens (including phenoxy) is 1. The van der Waals surface area contributed by atoms with Crippen LogP contribution in [0.4, 0.5) is 0 Å². The Morgan fingerprint density at radius 3 is 2.26 bits per heavy atom. The van der Waals surface area contributed by atoms with Crippen molar-refractivity contribution in [2.45, 2.75) is 44.7 Å². The number of hydrogen-bond donors (Lipinski definition) is 2. The maximum absolute atomic E-state index is 12.5. The van der Waals surface area contributed by atoms with Crippen molar-refractivity contribution in [2.75, 3.05) is 7.11 Å². The van der Waals surface area contributed by atoms with Gasteiger partial charge in [0.25, 0.3) is 0 Å². The fourth-order valence-corrected chi connectivity index (χ4v) is 3.95. The molecule has 1 amide bonds. The van der Waals surface area contributed by atoms with E-state index in [2.05, 4.69) is 10.0 Å². The van der Waals surface area contributed by atoms with Gasteiger partial charge in [0.15, 0.2) is 0 Å². The Labute approximate surface area is 161 Å². The molecule has 27 heavy (non-hydrogen) atoms. The Morgan fingerprint density at radius 1 is 1.04 bits per heavy atom. The molecule has 146 valence electrons. The zero-order valence-electron chi connectivity index (χ0n) is 16.2. The molecule has 6 nitrogen and oxygen atoms in total. The first-order valence-corrected chi connectivity index (χ1v) is 10.2. The van der Waals surface area contributed by atoms with Gasteiger partial charge in [-0.2, -0.15) is 4.72 Å². The highest BCUT2D eigenvalue weighted by atomic mass is 32.2. The van der Waals surface area contributed by atoms with E-state index in [4.69, 9.17) is 4.74 Å². The standard InChI is InChI=1S/C20H26N2O4S/c1-13-6-7-14(2)19(12-13)15(3)21-20(23)16(4)22-27(24,25)18-10-8-17(26-5)9-11-18/h6-12,15-16,22H,1-5H3,(H,21,23)/t15?,16-/m0/s1. The predicted octanol–water partition coefficient (Wildman–Crippen LogP) is 2.86. The molecule has 7 heteroatoms. The second-order valence-electron chi connectivity index (χ2n) is 6.61. The molecule has 2 aromatic carbocycles. The van der Waals surface area contributed by atoms with Gasteiger partial charge in [-0.3, -0.25) is 4.79 Å². The number of aryl methyl sites for hydroxylation is 2. The highest BCUT2D eigenvalue weighted by Gasteiger charge is 2.23. The number of methoxy groups -OCH3 is 1. The number of carbonyl (C=O) groups excluding carboxylic acids is 1. The third-order valence-corrected chi connectivity index (χ3v) is 5.91. The Morgan fingerprint density at radius 2 is 1.67 bits per heavy atom. The monoisotopic (exact) mass is 390 g/mol. The van der Waals surface area contributed by atoms with Gasteiger partial charge in [0.1, 0.15) is 5.75 Å². The van der Waals surface area contributed by atoms with Crippen molar-refractivity contribution in [3.05, 3.63) is 59.2 Å². The van der Waals surface area contributed by atoms with Crippen molar-refractivity contribution in [2.24, 2.45) is 0 Å². The van der Waals surface area contributed by atoms with Gasteiger partial charge < -0.3 is 10.1 Å². The molecule has 0 bridgehead atoms. The zero-order chi connectivity index (χ0) is 20.2. The molecule has 2 N–H and O–H groups in total. The first-order valence-electron chi connectivity index (χ1n) is 8.68. The molecule has 2 rings (SSSR count). The van der Waals surface area contributed by atoms with E-state index in [0.29, 0.717) is 5.75 Å². The Kier molecular flexibility index (Phi) is 6.62. The minimum atomic E-state index is -3.81. The van der Waals surface area contributed by atoms with Gasteiger partial charge >= 0.3 is 0 Å². The third-order valence-electron chi connectivity index (χ3n) is 4.35. The molecule has 0 heterocycles. The predicted molar refractivity (Wildman–Crippen MR) is 105 cm³/mol. The van der Waals surface area contributed by atoms with E-state index in [-0.39, 0.29) is 16.8 Å². The maximum atomic E-state index is 12.5. The van der Waals surface area contributed by atoms with Crippen molar-refractivity contribution in [1.82, 2.24) is 10.0 Å². The molecule has 0 saturated heterocycles. The summed E-state index contributed by atoms with van der Waals surface area (Å²) in [5.74, 6) is 0.169. The fraction of sp³-hybridized carbons (Fsp3) is 0.350. The van der Waals surface area contributed by atoms with Crippen LogP contribution in [0.15, 0.2) is 47.4 Å². The average molecular weight is 391 g/mol. The van der Waals surface area contributed by atoms with Gasteiger partial charge in [0, 0.05) is 0 Å². The van der Waals surface area contributed by atoms with Crippen LogP contribution in [0.2, 0.25) is 0 Å². The molecule has 0 aliphatic heterocycles. The molecule has 2 aromatic rings. The SMILES string of the molecule is COc1ccc(S(=O)(=O)N[C@@H](C)C(=O)NC(C)c2cc(C)ccc2C)cc1. The summed E-state index contributed by atoms with van der Waals surface area (Å²) in [5.41, 5.74) is 3.18. The number of rotatable bonds is 7. The second kappa shape index (κ2) is 8.54. The van der Waals surface area contributed by atoms with E-state index in [1.807, 2.05) is 39.0 Å². The zero-order valence-corrected chi connectivity index (χ0v) is 17.1. The molecule has 0 radical (unpaired) electrons. The van der Waals surface area contributed by atoms with Gasteiger partial charge in [-0.15, -0.1) is 0 Å². The van der Waals surface area contributed by atoms with E-state index in [9.17, 15) is 13.2 Å². The molecule has 0 aromatic heterocycles. The number of hydrogen-bond acceptors (Lipinski definition) is 4. The average Bonchev–Trinajstić information content (AvgIpc) is 2.63. The van der Waals surface area contributed by atoms with Crippen molar-refractivity contribution < 1.29 is 17.9 Å². The van der Waals surface area contributed by atoms with Crippen molar-refractivity contribution >= 4 is 15.9 Å². The summed E-state index contributed by atoms with van der Waals surface area (Å²) < 4.78 is 32.4. The molecule has 0 saturated carbocycles. The molecule has 0 spiro atoms. The second-order valence-corrected chi connectivity index (χ2v) is 8.32. The van der Waals surface area contributed by atoms with Gasteiger partial charge in [-0.05, 0) is 63.1 Å². The van der Waals surface area contributed by atoms with E-state index >= 15 is 0 Å². The van der Waals surface area contributed by atoms with Crippen molar-refractivity contribution in [1.29, 1.82) is 0 Å². The van der Waals surface area contributed by atoms with Gasteiger partial charge in [0.2, 0.25) is 15.9 Å². The highest BCUT2D eigenvalue weighted by Crippen LogP contribution is 2.19. The molecule has 0 fully saturated rings. The van der Waals surface area contributed by atoms with Crippen LogP contribution >= 0.6 is 0 Å². The minimum absolute atomic E-state index is 0.0746. The van der Waals surface area contributed by atoms with Crippen molar-refractivity contribution in [3.8, 4) is 5.75 Å². The molecular formula is C20H26N2O4S. The number of benzene rings is 2. The number of amides is 1. The smallest absolute Gasteiger partial charge is 0.241 e. The van der Waals surface area contributed by atoms with Crippen LogP contribution in [-0.4, -0.2) is 27.5 Å². The van der Waals surface area contributed by atoms with Crippen LogP contribution < -0.4 is 14.8 Å². The summed E-state index contributed by atoms with van der Waals surface area (Å²) in [4.78, 5) is 12.5. The number of carbonyl (C=O) groups is 1. The van der Waals surface area contributed by atoms with Gasteiger partial charge in [0.05, 0.1) is 24.1 Å². The highest BCUT2D eigenvalue weighted by molar-refractivity contribution is 7.89. The van der Waals surface area contributed by atoms with E-state index in [1.54, 1.807) is 12.1 Å². The van der Waals surface area contributed by atoms with Crippen LogP contribution in [0, 0.1) is 13.8 Å². The normalized spacial score (nSPS) is 13.7. The Balaban J connectivity index is 2.06. The summed E-state index contributed by atoms with van der Waals surface area (Å²) in [6, 6.07) is 10.9.